The molecule has 0 atom stereocenters. The van der Waals surface area contributed by atoms with E-state index in [4.69, 9.17) is 12.2 Å². The van der Waals surface area contributed by atoms with Crippen LogP contribution in [-0.4, -0.2) is 9.55 Å². The zero-order valence-corrected chi connectivity index (χ0v) is 11.8. The molecular formula is C13H14N2OS2. The van der Waals surface area contributed by atoms with Crippen molar-refractivity contribution in [2.75, 3.05) is 0 Å². The van der Waals surface area contributed by atoms with Crippen molar-refractivity contribution in [3.05, 3.63) is 37.7 Å². The van der Waals surface area contributed by atoms with E-state index in [0.717, 1.165) is 28.6 Å². The number of thiophene rings is 1. The Morgan fingerprint density at radius 3 is 3.06 bits per heavy atom. The van der Waals surface area contributed by atoms with Crippen LogP contribution in [0.5, 0.6) is 0 Å². The summed E-state index contributed by atoms with van der Waals surface area (Å²) in [4.78, 5) is 17.0. The largest absolute Gasteiger partial charge is 0.331 e. The molecule has 0 fully saturated rings. The van der Waals surface area contributed by atoms with Gasteiger partial charge in [0.2, 0.25) is 0 Å². The number of hydrogen-bond acceptors (Lipinski definition) is 3. The van der Waals surface area contributed by atoms with Crippen LogP contribution in [0.1, 0.15) is 23.8 Å². The van der Waals surface area contributed by atoms with Gasteiger partial charge < -0.3 is 4.98 Å². The van der Waals surface area contributed by atoms with Crippen molar-refractivity contribution in [3.63, 3.8) is 0 Å². The van der Waals surface area contributed by atoms with Gasteiger partial charge in [-0.25, -0.2) is 0 Å². The van der Waals surface area contributed by atoms with Crippen molar-refractivity contribution >= 4 is 33.8 Å². The molecule has 0 amide bonds. The Hall–Kier alpha value is -1.20. The predicted octanol–water partition coefficient (Wildman–Crippen LogP) is 3.19. The van der Waals surface area contributed by atoms with Gasteiger partial charge >= 0.3 is 0 Å². The van der Waals surface area contributed by atoms with E-state index in [1.54, 1.807) is 15.9 Å². The molecule has 0 bridgehead atoms. The Balaban J connectivity index is 2.33. The van der Waals surface area contributed by atoms with Crippen molar-refractivity contribution in [2.24, 2.45) is 0 Å². The summed E-state index contributed by atoms with van der Waals surface area (Å²) >= 11 is 6.92. The van der Waals surface area contributed by atoms with Gasteiger partial charge in [0.05, 0.1) is 5.52 Å². The molecule has 0 radical (unpaired) electrons. The highest BCUT2D eigenvalue weighted by Gasteiger charge is 2.20. The Morgan fingerprint density at radius 1 is 1.56 bits per heavy atom. The summed E-state index contributed by atoms with van der Waals surface area (Å²) in [6.07, 6.45) is 3.34. The van der Waals surface area contributed by atoms with Gasteiger partial charge in [-0.15, -0.1) is 11.3 Å². The molecular weight excluding hydrogens is 264 g/mol. The van der Waals surface area contributed by atoms with E-state index < -0.39 is 0 Å². The van der Waals surface area contributed by atoms with Crippen LogP contribution in [0.3, 0.4) is 0 Å². The lowest BCUT2D eigenvalue weighted by Crippen LogP contribution is -2.21. The Kier molecular flexibility index (Phi) is 2.75. The molecule has 18 heavy (non-hydrogen) atoms. The van der Waals surface area contributed by atoms with Crippen LogP contribution in [0.15, 0.2) is 16.9 Å². The van der Waals surface area contributed by atoms with Crippen molar-refractivity contribution in [3.8, 4) is 0 Å². The molecule has 2 heterocycles. The summed E-state index contributed by atoms with van der Waals surface area (Å²) in [5.41, 5.74) is 3.23. The summed E-state index contributed by atoms with van der Waals surface area (Å²) in [5.74, 6) is 0. The molecule has 0 aromatic carbocycles. The molecule has 0 aliphatic heterocycles. The molecule has 5 heteroatoms. The summed E-state index contributed by atoms with van der Waals surface area (Å²) in [6, 6.07) is 0. The normalized spacial score (nSPS) is 14.1. The monoisotopic (exact) mass is 278 g/mol. The van der Waals surface area contributed by atoms with E-state index in [-0.39, 0.29) is 5.56 Å². The quantitative estimate of drug-likeness (QED) is 0.677. The standard InChI is InChI=1S/C13H14N2OS2/c1-7(2)6-15-12(16)11-10(14-13(15)17)8-4-3-5-9(8)18-11/h1,3-6H2,2H3,(H,14,17). The molecule has 2 aromatic rings. The van der Waals surface area contributed by atoms with Gasteiger partial charge in [-0.2, -0.15) is 0 Å². The van der Waals surface area contributed by atoms with Gasteiger partial charge in [0.1, 0.15) is 4.70 Å². The van der Waals surface area contributed by atoms with Gasteiger partial charge in [-0.1, -0.05) is 12.2 Å². The SMILES string of the molecule is C=C(C)Cn1c(=S)[nH]c2c3c(sc2c1=O)CCC3. The fourth-order valence-corrected chi connectivity index (χ4v) is 4.03. The van der Waals surface area contributed by atoms with Gasteiger partial charge in [-0.3, -0.25) is 9.36 Å². The molecule has 94 valence electrons. The summed E-state index contributed by atoms with van der Waals surface area (Å²) in [5, 5.41) is 0. The fraction of sp³-hybridized carbons (Fsp3) is 0.385. The van der Waals surface area contributed by atoms with Crippen molar-refractivity contribution in [1.29, 1.82) is 0 Å². The second-order valence-corrected chi connectivity index (χ2v) is 6.33. The number of allylic oxidation sites excluding steroid dienone is 1. The predicted molar refractivity (Wildman–Crippen MR) is 78.1 cm³/mol. The molecule has 3 nitrogen and oxygen atoms in total. The second-order valence-electron chi connectivity index (χ2n) is 4.84. The van der Waals surface area contributed by atoms with Crippen molar-refractivity contribution < 1.29 is 0 Å². The van der Waals surface area contributed by atoms with Crippen LogP contribution in [0.25, 0.3) is 10.2 Å². The van der Waals surface area contributed by atoms with Gasteiger partial charge in [0, 0.05) is 11.4 Å². The summed E-state index contributed by atoms with van der Waals surface area (Å²) in [6.45, 7) is 6.24. The maximum Gasteiger partial charge on any atom is 0.272 e. The number of nitrogens with zero attached hydrogens (tertiary/aromatic N) is 1. The maximum absolute atomic E-state index is 12.4. The molecule has 1 aliphatic carbocycles. The van der Waals surface area contributed by atoms with Gasteiger partial charge in [-0.05, 0) is 44.0 Å². The van der Waals surface area contributed by atoms with Crippen LogP contribution in [0, 0.1) is 4.77 Å². The minimum absolute atomic E-state index is 0.0242. The molecule has 0 saturated carbocycles. The van der Waals surface area contributed by atoms with Crippen LogP contribution < -0.4 is 5.56 Å². The summed E-state index contributed by atoms with van der Waals surface area (Å²) in [7, 11) is 0. The zero-order valence-electron chi connectivity index (χ0n) is 10.2. The van der Waals surface area contributed by atoms with Gasteiger partial charge in [0.15, 0.2) is 4.77 Å². The fourth-order valence-electron chi connectivity index (χ4n) is 2.49. The lowest BCUT2D eigenvalue weighted by molar-refractivity contribution is 0.726. The van der Waals surface area contributed by atoms with E-state index in [9.17, 15) is 4.79 Å². The first-order valence-corrected chi connectivity index (χ1v) is 7.22. The average Bonchev–Trinajstić information content (AvgIpc) is 2.86. The first-order valence-electron chi connectivity index (χ1n) is 5.99. The highest BCUT2D eigenvalue weighted by molar-refractivity contribution is 7.71. The molecule has 0 unspecified atom stereocenters. The van der Waals surface area contributed by atoms with Crippen LogP contribution >= 0.6 is 23.6 Å². The molecule has 3 rings (SSSR count). The number of aryl methyl sites for hydroxylation is 2. The number of nitrogens with one attached hydrogen (secondary N) is 1. The third-order valence-electron chi connectivity index (χ3n) is 3.27. The Labute approximate surface area is 114 Å². The van der Waals surface area contributed by atoms with Crippen molar-refractivity contribution in [2.45, 2.75) is 32.7 Å². The first kappa shape index (κ1) is 11.9. The number of hydrogen-bond donors (Lipinski definition) is 1. The van der Waals surface area contributed by atoms with E-state index in [2.05, 4.69) is 11.6 Å². The molecule has 1 N–H and O–H groups in total. The van der Waals surface area contributed by atoms with Crippen LogP contribution in [0.2, 0.25) is 0 Å². The highest BCUT2D eigenvalue weighted by atomic mass is 32.1. The van der Waals surface area contributed by atoms with Crippen LogP contribution in [0.4, 0.5) is 0 Å². The van der Waals surface area contributed by atoms with Crippen LogP contribution in [-0.2, 0) is 19.4 Å². The lowest BCUT2D eigenvalue weighted by Gasteiger charge is -2.06. The summed E-state index contributed by atoms with van der Waals surface area (Å²) < 4.78 is 2.92. The van der Waals surface area contributed by atoms with E-state index in [1.807, 2.05) is 6.92 Å². The van der Waals surface area contributed by atoms with Gasteiger partial charge in [0.25, 0.3) is 5.56 Å². The zero-order chi connectivity index (χ0) is 12.9. The third-order valence-corrected chi connectivity index (χ3v) is 4.87. The first-order chi connectivity index (χ1) is 8.58. The molecule has 0 saturated heterocycles. The Bertz CT molecular complexity index is 764. The van der Waals surface area contributed by atoms with E-state index >= 15 is 0 Å². The number of fused-ring (bicyclic) bond motifs is 3. The maximum atomic E-state index is 12.4. The minimum Gasteiger partial charge on any atom is -0.331 e. The topological polar surface area (TPSA) is 37.8 Å². The highest BCUT2D eigenvalue weighted by Crippen LogP contribution is 2.34. The smallest absolute Gasteiger partial charge is 0.272 e. The minimum atomic E-state index is 0.0242. The second kappa shape index (κ2) is 4.17. The van der Waals surface area contributed by atoms with E-state index in [0.29, 0.717) is 11.3 Å². The number of aromatic amines is 1. The number of H-pyrrole nitrogens is 1. The molecule has 1 aliphatic rings. The molecule has 2 aromatic heterocycles. The molecule has 0 spiro atoms. The third kappa shape index (κ3) is 1.69. The average molecular weight is 278 g/mol. The Morgan fingerprint density at radius 2 is 2.33 bits per heavy atom. The van der Waals surface area contributed by atoms with E-state index in [1.165, 1.54) is 16.9 Å². The number of aromatic nitrogens is 2. The van der Waals surface area contributed by atoms with Crippen molar-refractivity contribution in [1.82, 2.24) is 9.55 Å². The lowest BCUT2D eigenvalue weighted by atomic mass is 10.2. The number of rotatable bonds is 2.